The summed E-state index contributed by atoms with van der Waals surface area (Å²) in [7, 11) is 0. The Bertz CT molecular complexity index is 1140. The summed E-state index contributed by atoms with van der Waals surface area (Å²) in [5.74, 6) is 0. The number of hydrogen-bond acceptors (Lipinski definition) is 4. The second-order valence-electron chi connectivity index (χ2n) is 7.72. The molecule has 2 atom stereocenters. The number of para-hydroxylation sites is 2. The van der Waals surface area contributed by atoms with Gasteiger partial charge in [0.2, 0.25) is 5.72 Å². The molecule has 0 saturated carbocycles. The zero-order valence-electron chi connectivity index (χ0n) is 18.7. The fourth-order valence-corrected chi connectivity index (χ4v) is 4.03. The molecule has 0 aliphatic carbocycles. The number of unbranched alkanes of at least 4 members (excludes halogenated alkanes) is 1. The maximum atomic E-state index is 6.63. The number of ether oxygens (including phenoxy) is 1. The Morgan fingerprint density at radius 2 is 1.62 bits per heavy atom. The second kappa shape index (κ2) is 10.2. The van der Waals surface area contributed by atoms with E-state index in [4.69, 9.17) is 4.74 Å². The van der Waals surface area contributed by atoms with E-state index in [1.54, 1.807) is 0 Å². The van der Waals surface area contributed by atoms with Crippen molar-refractivity contribution < 1.29 is 4.74 Å². The van der Waals surface area contributed by atoms with E-state index >= 15 is 0 Å². The van der Waals surface area contributed by atoms with Gasteiger partial charge in [-0.1, -0.05) is 85.3 Å². The fourth-order valence-electron chi connectivity index (χ4n) is 4.03. The first-order valence-corrected chi connectivity index (χ1v) is 11.3. The summed E-state index contributed by atoms with van der Waals surface area (Å²) in [6, 6.07) is 28.4. The van der Waals surface area contributed by atoms with E-state index in [0.29, 0.717) is 6.61 Å². The Morgan fingerprint density at radius 1 is 0.938 bits per heavy atom. The molecule has 164 valence electrons. The van der Waals surface area contributed by atoms with Crippen molar-refractivity contribution in [3.05, 3.63) is 103 Å². The summed E-state index contributed by atoms with van der Waals surface area (Å²) in [6.07, 6.45) is 6.34. The van der Waals surface area contributed by atoms with Crippen LogP contribution in [0.25, 0.3) is 11.0 Å². The Hall–Kier alpha value is -3.44. The van der Waals surface area contributed by atoms with E-state index in [9.17, 15) is 0 Å². The van der Waals surface area contributed by atoms with Gasteiger partial charge in [-0.25, -0.2) is 4.68 Å². The van der Waals surface area contributed by atoms with Crippen LogP contribution >= 0.6 is 0 Å². The van der Waals surface area contributed by atoms with Gasteiger partial charge in [0.25, 0.3) is 0 Å². The van der Waals surface area contributed by atoms with Crippen molar-refractivity contribution in [2.45, 2.75) is 38.5 Å². The van der Waals surface area contributed by atoms with E-state index in [2.05, 4.69) is 71.1 Å². The molecule has 0 fully saturated rings. The minimum absolute atomic E-state index is 0.246. The number of hydrogen-bond donors (Lipinski definition) is 1. The zero-order chi connectivity index (χ0) is 22.2. The molecule has 3 aromatic carbocycles. The van der Waals surface area contributed by atoms with Crippen molar-refractivity contribution in [1.82, 2.24) is 15.0 Å². The summed E-state index contributed by atoms with van der Waals surface area (Å²) in [4.78, 5) is 0. The summed E-state index contributed by atoms with van der Waals surface area (Å²) in [6.45, 7) is 4.71. The third-order valence-corrected chi connectivity index (χ3v) is 5.50. The van der Waals surface area contributed by atoms with Crippen LogP contribution < -0.4 is 5.32 Å². The van der Waals surface area contributed by atoms with Gasteiger partial charge in [0.15, 0.2) is 0 Å². The van der Waals surface area contributed by atoms with Gasteiger partial charge in [0.1, 0.15) is 11.6 Å². The minimum atomic E-state index is -0.919. The van der Waals surface area contributed by atoms with Crippen molar-refractivity contribution in [1.29, 1.82) is 0 Å². The van der Waals surface area contributed by atoms with Crippen LogP contribution in [0.4, 0.5) is 5.69 Å². The molecule has 4 rings (SSSR count). The molecule has 0 aliphatic rings. The van der Waals surface area contributed by atoms with Gasteiger partial charge in [-0.15, -0.1) is 5.10 Å². The van der Waals surface area contributed by atoms with Gasteiger partial charge in [-0.05, 0) is 49.2 Å². The highest BCUT2D eigenvalue weighted by molar-refractivity contribution is 5.74. The van der Waals surface area contributed by atoms with Crippen LogP contribution in [0.15, 0.2) is 97.1 Å². The molecule has 4 aromatic rings. The minimum Gasteiger partial charge on any atom is -0.373 e. The first kappa shape index (κ1) is 21.8. The highest BCUT2D eigenvalue weighted by Crippen LogP contribution is 2.39. The van der Waals surface area contributed by atoms with Crippen molar-refractivity contribution in [3.8, 4) is 0 Å². The smallest absolute Gasteiger partial charge is 0.206 e. The van der Waals surface area contributed by atoms with Crippen LogP contribution in [0.1, 0.15) is 38.3 Å². The number of nitrogens with one attached hydrogen (secondary N) is 1. The van der Waals surface area contributed by atoms with Gasteiger partial charge in [-0.2, -0.15) is 0 Å². The molecule has 0 amide bonds. The Labute approximate surface area is 189 Å². The van der Waals surface area contributed by atoms with Gasteiger partial charge < -0.3 is 10.1 Å². The van der Waals surface area contributed by atoms with E-state index in [-0.39, 0.29) is 6.04 Å². The topological polar surface area (TPSA) is 52.0 Å². The predicted octanol–water partition coefficient (Wildman–Crippen LogP) is 6.33. The lowest BCUT2D eigenvalue weighted by Crippen LogP contribution is -2.45. The number of anilines is 1. The van der Waals surface area contributed by atoms with Crippen LogP contribution in [0, 0.1) is 0 Å². The molecule has 1 N–H and O–H groups in total. The first-order valence-electron chi connectivity index (χ1n) is 11.3. The van der Waals surface area contributed by atoms with Crippen LogP contribution in [0.3, 0.4) is 0 Å². The van der Waals surface area contributed by atoms with E-state index in [1.807, 2.05) is 60.1 Å². The molecule has 0 saturated heterocycles. The SMILES string of the molecule is CCC/C=C/C(OCC)(C(Nc1ccccc1)c1ccccc1)n1nnc2ccccc21. The zero-order valence-corrected chi connectivity index (χ0v) is 18.7. The molecule has 0 bridgehead atoms. The van der Waals surface area contributed by atoms with Crippen LogP contribution in [0.5, 0.6) is 0 Å². The third kappa shape index (κ3) is 4.43. The molecular weight excluding hydrogens is 396 g/mol. The maximum Gasteiger partial charge on any atom is 0.206 e. The van der Waals surface area contributed by atoms with Crippen molar-refractivity contribution in [3.63, 3.8) is 0 Å². The highest BCUT2D eigenvalue weighted by Gasteiger charge is 2.43. The van der Waals surface area contributed by atoms with E-state index < -0.39 is 5.72 Å². The lowest BCUT2D eigenvalue weighted by atomic mass is 9.93. The summed E-state index contributed by atoms with van der Waals surface area (Å²) >= 11 is 0. The number of fused-ring (bicyclic) bond motifs is 1. The lowest BCUT2D eigenvalue weighted by molar-refractivity contribution is -0.0837. The average Bonchev–Trinajstić information content (AvgIpc) is 3.28. The molecule has 0 radical (unpaired) electrons. The van der Waals surface area contributed by atoms with Crippen molar-refractivity contribution in [2.75, 3.05) is 11.9 Å². The Morgan fingerprint density at radius 3 is 2.34 bits per heavy atom. The number of nitrogens with zero attached hydrogens (tertiary/aromatic N) is 3. The first-order chi connectivity index (χ1) is 15.8. The van der Waals surface area contributed by atoms with Gasteiger partial charge in [-0.3, -0.25) is 0 Å². The van der Waals surface area contributed by atoms with Crippen molar-refractivity contribution >= 4 is 16.7 Å². The standard InChI is InChI=1S/C27H30N4O/c1-3-5-14-21-27(32-4-2,31-25-20-13-12-19-24(25)29-30-31)26(22-15-8-6-9-16-22)28-23-17-10-7-11-18-23/h6-21,26,28H,3-5H2,1-2H3/b21-14+. The van der Waals surface area contributed by atoms with Gasteiger partial charge in [0.05, 0.1) is 5.52 Å². The molecule has 1 aromatic heterocycles. The summed E-state index contributed by atoms with van der Waals surface area (Å²) < 4.78 is 8.55. The Balaban J connectivity index is 1.95. The monoisotopic (exact) mass is 426 g/mol. The van der Waals surface area contributed by atoms with Gasteiger partial charge >= 0.3 is 0 Å². The quantitative estimate of drug-likeness (QED) is 0.301. The highest BCUT2D eigenvalue weighted by atomic mass is 16.5. The van der Waals surface area contributed by atoms with Crippen LogP contribution in [-0.2, 0) is 10.5 Å². The number of aromatic nitrogens is 3. The van der Waals surface area contributed by atoms with Crippen LogP contribution in [0.2, 0.25) is 0 Å². The molecular formula is C27H30N4O. The lowest BCUT2D eigenvalue weighted by Gasteiger charge is -2.39. The number of rotatable bonds is 10. The largest absolute Gasteiger partial charge is 0.373 e. The molecule has 5 nitrogen and oxygen atoms in total. The third-order valence-electron chi connectivity index (χ3n) is 5.50. The van der Waals surface area contributed by atoms with Gasteiger partial charge in [0, 0.05) is 12.3 Å². The molecule has 32 heavy (non-hydrogen) atoms. The van der Waals surface area contributed by atoms with Crippen LogP contribution in [-0.4, -0.2) is 21.6 Å². The van der Waals surface area contributed by atoms with E-state index in [1.165, 1.54) is 0 Å². The Kier molecular flexibility index (Phi) is 6.97. The number of benzene rings is 3. The fraction of sp³-hybridized carbons (Fsp3) is 0.259. The number of allylic oxidation sites excluding steroid dienone is 1. The summed E-state index contributed by atoms with van der Waals surface area (Å²) in [5.41, 5.74) is 2.96. The molecule has 5 heteroatoms. The van der Waals surface area contributed by atoms with Crippen molar-refractivity contribution in [2.24, 2.45) is 0 Å². The molecule has 2 unspecified atom stereocenters. The normalized spacial score (nSPS) is 14.4. The average molecular weight is 427 g/mol. The predicted molar refractivity (Wildman–Crippen MR) is 130 cm³/mol. The molecule has 0 spiro atoms. The maximum absolute atomic E-state index is 6.63. The molecule has 0 aliphatic heterocycles. The van der Waals surface area contributed by atoms with E-state index in [0.717, 1.165) is 35.1 Å². The summed E-state index contributed by atoms with van der Waals surface area (Å²) in [5, 5.41) is 12.8. The second-order valence-corrected chi connectivity index (χ2v) is 7.72. The molecule has 1 heterocycles.